The van der Waals surface area contributed by atoms with Gasteiger partial charge in [0.15, 0.2) is 0 Å². The molecule has 0 bridgehead atoms. The predicted octanol–water partition coefficient (Wildman–Crippen LogP) is 4.46. The van der Waals surface area contributed by atoms with E-state index in [-0.39, 0.29) is 6.42 Å². The maximum atomic E-state index is 10.6. The van der Waals surface area contributed by atoms with E-state index in [2.05, 4.69) is 4.98 Å². The maximum absolute atomic E-state index is 10.6. The predicted molar refractivity (Wildman–Crippen MR) is 91.4 cm³/mol. The maximum Gasteiger partial charge on any atom is 0.303 e. The molecule has 0 saturated carbocycles. The van der Waals surface area contributed by atoms with Crippen LogP contribution >= 0.6 is 11.6 Å². The number of fused-ring (bicyclic) bond motifs is 2. The lowest BCUT2D eigenvalue weighted by molar-refractivity contribution is -0.137. The SMILES string of the molecule is COc1ccc2nc3ccc(CCCC(=O)O)cc3c(Cl)c2c1. The smallest absolute Gasteiger partial charge is 0.303 e. The summed E-state index contributed by atoms with van der Waals surface area (Å²) < 4.78 is 5.25. The molecule has 4 nitrogen and oxygen atoms in total. The molecule has 1 heterocycles. The van der Waals surface area contributed by atoms with Crippen LogP contribution in [-0.4, -0.2) is 23.2 Å². The van der Waals surface area contributed by atoms with Gasteiger partial charge in [-0.2, -0.15) is 0 Å². The number of nitrogens with zero attached hydrogens (tertiary/aromatic N) is 1. The molecule has 0 spiro atoms. The number of carboxylic acids is 1. The lowest BCUT2D eigenvalue weighted by Crippen LogP contribution is -1.96. The molecule has 5 heteroatoms. The van der Waals surface area contributed by atoms with Crippen molar-refractivity contribution < 1.29 is 14.6 Å². The van der Waals surface area contributed by atoms with E-state index < -0.39 is 5.97 Å². The number of rotatable bonds is 5. The molecule has 0 aliphatic heterocycles. The number of benzene rings is 2. The Morgan fingerprint density at radius 2 is 1.87 bits per heavy atom. The summed E-state index contributed by atoms with van der Waals surface area (Å²) in [7, 11) is 1.62. The third-order valence-corrected chi connectivity index (χ3v) is 4.24. The van der Waals surface area contributed by atoms with Gasteiger partial charge in [-0.25, -0.2) is 4.98 Å². The molecule has 0 amide bonds. The van der Waals surface area contributed by atoms with Crippen molar-refractivity contribution >= 4 is 39.4 Å². The molecule has 0 atom stereocenters. The molecule has 3 rings (SSSR count). The average molecular weight is 330 g/mol. The van der Waals surface area contributed by atoms with Gasteiger partial charge in [0.1, 0.15) is 5.75 Å². The summed E-state index contributed by atoms with van der Waals surface area (Å²) in [6.07, 6.45) is 1.47. The zero-order chi connectivity index (χ0) is 16.4. The van der Waals surface area contributed by atoms with E-state index in [1.165, 1.54) is 0 Å². The van der Waals surface area contributed by atoms with Crippen molar-refractivity contribution in [2.45, 2.75) is 19.3 Å². The molecule has 23 heavy (non-hydrogen) atoms. The fourth-order valence-electron chi connectivity index (χ4n) is 2.65. The third kappa shape index (κ3) is 3.22. The highest BCUT2D eigenvalue weighted by Crippen LogP contribution is 2.33. The summed E-state index contributed by atoms with van der Waals surface area (Å²) in [6, 6.07) is 11.5. The van der Waals surface area contributed by atoms with E-state index in [0.29, 0.717) is 17.9 Å². The number of carbonyl (C=O) groups is 1. The van der Waals surface area contributed by atoms with Crippen molar-refractivity contribution in [3.63, 3.8) is 0 Å². The summed E-state index contributed by atoms with van der Waals surface area (Å²) in [5.41, 5.74) is 2.71. The number of methoxy groups -OCH3 is 1. The molecule has 0 saturated heterocycles. The van der Waals surface area contributed by atoms with Crippen molar-refractivity contribution in [2.24, 2.45) is 0 Å². The molecule has 0 radical (unpaired) electrons. The van der Waals surface area contributed by atoms with E-state index in [1.54, 1.807) is 7.11 Å². The van der Waals surface area contributed by atoms with Crippen LogP contribution in [0.3, 0.4) is 0 Å². The van der Waals surface area contributed by atoms with Crippen molar-refractivity contribution in [2.75, 3.05) is 7.11 Å². The lowest BCUT2D eigenvalue weighted by Gasteiger charge is -2.09. The second kappa shape index (κ2) is 6.42. The van der Waals surface area contributed by atoms with Crippen LogP contribution in [0.5, 0.6) is 5.75 Å². The molecule has 118 valence electrons. The first-order valence-corrected chi connectivity index (χ1v) is 7.74. The highest BCUT2D eigenvalue weighted by molar-refractivity contribution is 6.40. The lowest BCUT2D eigenvalue weighted by atomic mass is 10.0. The van der Waals surface area contributed by atoms with Gasteiger partial charge in [-0.3, -0.25) is 4.79 Å². The fraction of sp³-hybridized carbons (Fsp3) is 0.222. The highest BCUT2D eigenvalue weighted by atomic mass is 35.5. The summed E-state index contributed by atoms with van der Waals surface area (Å²) in [5.74, 6) is -0.0401. The number of hydrogen-bond donors (Lipinski definition) is 1. The van der Waals surface area contributed by atoms with Gasteiger partial charge < -0.3 is 9.84 Å². The molecule has 0 fully saturated rings. The molecule has 3 aromatic rings. The number of carboxylic acid groups (broad SMARTS) is 1. The standard InChI is InChI=1S/C18H16ClNO3/c1-23-12-6-8-16-14(10-12)18(19)13-9-11(3-2-4-17(21)22)5-7-15(13)20-16/h5-10H,2-4H2,1H3,(H,21,22). The number of ether oxygens (including phenoxy) is 1. The van der Waals surface area contributed by atoms with E-state index in [1.807, 2.05) is 36.4 Å². The van der Waals surface area contributed by atoms with Gasteiger partial charge in [0.25, 0.3) is 0 Å². The largest absolute Gasteiger partial charge is 0.497 e. The zero-order valence-corrected chi connectivity index (χ0v) is 13.4. The van der Waals surface area contributed by atoms with E-state index in [0.717, 1.165) is 33.1 Å². The van der Waals surface area contributed by atoms with E-state index >= 15 is 0 Å². The summed E-state index contributed by atoms with van der Waals surface area (Å²) >= 11 is 6.57. The van der Waals surface area contributed by atoms with Crippen LogP contribution < -0.4 is 4.74 Å². The van der Waals surface area contributed by atoms with Gasteiger partial charge in [0.05, 0.1) is 23.2 Å². The second-order valence-electron chi connectivity index (χ2n) is 5.41. The monoisotopic (exact) mass is 329 g/mol. The van der Waals surface area contributed by atoms with Gasteiger partial charge in [-0.1, -0.05) is 17.7 Å². The van der Waals surface area contributed by atoms with Gasteiger partial charge in [0.2, 0.25) is 0 Å². The first-order valence-electron chi connectivity index (χ1n) is 7.36. The average Bonchev–Trinajstić information content (AvgIpc) is 2.55. The highest BCUT2D eigenvalue weighted by Gasteiger charge is 2.09. The molecule has 1 aromatic heterocycles. The van der Waals surface area contributed by atoms with Crippen molar-refractivity contribution in [1.82, 2.24) is 4.98 Å². The van der Waals surface area contributed by atoms with Crippen LogP contribution in [-0.2, 0) is 11.2 Å². The normalized spacial score (nSPS) is 11.0. The molecule has 0 aliphatic rings. The summed E-state index contributed by atoms with van der Waals surface area (Å²) in [5, 5.41) is 11.1. The van der Waals surface area contributed by atoms with Gasteiger partial charge >= 0.3 is 5.97 Å². The van der Waals surface area contributed by atoms with Crippen molar-refractivity contribution in [1.29, 1.82) is 0 Å². The number of aliphatic carboxylic acids is 1. The van der Waals surface area contributed by atoms with Crippen LogP contribution in [0.2, 0.25) is 5.02 Å². The minimum Gasteiger partial charge on any atom is -0.497 e. The fourth-order valence-corrected chi connectivity index (χ4v) is 2.95. The Labute approximate surface area is 138 Å². The summed E-state index contributed by atoms with van der Waals surface area (Å²) in [6.45, 7) is 0. The second-order valence-corrected chi connectivity index (χ2v) is 5.79. The Morgan fingerprint density at radius 3 is 2.57 bits per heavy atom. The Morgan fingerprint density at radius 1 is 1.17 bits per heavy atom. The summed E-state index contributed by atoms with van der Waals surface area (Å²) in [4.78, 5) is 15.2. The van der Waals surface area contributed by atoms with Crippen molar-refractivity contribution in [3.8, 4) is 5.75 Å². The van der Waals surface area contributed by atoms with Crippen LogP contribution in [0.1, 0.15) is 18.4 Å². The minimum absolute atomic E-state index is 0.166. The van der Waals surface area contributed by atoms with Crippen LogP contribution in [0.25, 0.3) is 21.8 Å². The first-order chi connectivity index (χ1) is 11.1. The van der Waals surface area contributed by atoms with Crippen LogP contribution in [0, 0.1) is 0 Å². The quantitative estimate of drug-likeness (QED) is 0.702. The van der Waals surface area contributed by atoms with Gasteiger partial charge in [0, 0.05) is 17.2 Å². The Balaban J connectivity index is 2.04. The zero-order valence-electron chi connectivity index (χ0n) is 12.7. The van der Waals surface area contributed by atoms with Gasteiger partial charge in [-0.15, -0.1) is 0 Å². The topological polar surface area (TPSA) is 59.4 Å². The molecule has 0 unspecified atom stereocenters. The van der Waals surface area contributed by atoms with Crippen molar-refractivity contribution in [3.05, 3.63) is 47.0 Å². The van der Waals surface area contributed by atoms with Crippen LogP contribution in [0.15, 0.2) is 36.4 Å². The number of aromatic nitrogens is 1. The van der Waals surface area contributed by atoms with E-state index in [9.17, 15) is 4.79 Å². The third-order valence-electron chi connectivity index (χ3n) is 3.83. The number of pyridine rings is 1. The van der Waals surface area contributed by atoms with Gasteiger partial charge in [-0.05, 0) is 48.7 Å². The molecule has 2 aromatic carbocycles. The Bertz CT molecular complexity index is 892. The Hall–Kier alpha value is -2.33. The molecular weight excluding hydrogens is 314 g/mol. The molecule has 0 aliphatic carbocycles. The number of halogens is 1. The molecule has 1 N–H and O–H groups in total. The number of hydrogen-bond acceptors (Lipinski definition) is 3. The minimum atomic E-state index is -0.774. The Kier molecular flexibility index (Phi) is 4.35. The molecular formula is C18H16ClNO3. The first kappa shape index (κ1) is 15.6. The number of aryl methyl sites for hydroxylation is 1. The van der Waals surface area contributed by atoms with E-state index in [4.69, 9.17) is 21.4 Å². The van der Waals surface area contributed by atoms with Crippen LogP contribution in [0.4, 0.5) is 0 Å².